The van der Waals surface area contributed by atoms with E-state index in [-0.39, 0.29) is 23.6 Å². The van der Waals surface area contributed by atoms with Gasteiger partial charge in [0.2, 0.25) is 5.78 Å². The van der Waals surface area contributed by atoms with E-state index in [2.05, 4.69) is 25.5 Å². The standard InChI is InChI=1S/C20H16N8O2/c1-27(10-8-21)19(30)14-11-22-26-17(14)18(29)24-16-7-9-28-12-15(23-20(28)25-16)13-5-3-2-4-6-13/h2-7,9,11-12H,10H2,1H3,(H,22,26)(H,23,24,25,29). The molecule has 2 amide bonds. The second-order valence-electron chi connectivity index (χ2n) is 6.44. The van der Waals surface area contributed by atoms with Crippen molar-refractivity contribution in [2.75, 3.05) is 18.9 Å². The van der Waals surface area contributed by atoms with Crippen LogP contribution >= 0.6 is 0 Å². The van der Waals surface area contributed by atoms with Crippen molar-refractivity contribution >= 4 is 23.4 Å². The molecule has 0 radical (unpaired) electrons. The zero-order valence-corrected chi connectivity index (χ0v) is 15.9. The minimum absolute atomic E-state index is 0.0141. The number of carbonyl (C=O) groups excluding carboxylic acids is 2. The van der Waals surface area contributed by atoms with Crippen LogP contribution in [0.2, 0.25) is 0 Å². The molecule has 0 unspecified atom stereocenters. The number of benzene rings is 1. The summed E-state index contributed by atoms with van der Waals surface area (Å²) in [6, 6.07) is 13.2. The van der Waals surface area contributed by atoms with E-state index in [1.807, 2.05) is 42.6 Å². The Morgan fingerprint density at radius 2 is 2.03 bits per heavy atom. The number of hydrogen-bond donors (Lipinski definition) is 2. The SMILES string of the molecule is CN(CC#N)C(=O)c1cn[nH]c1C(=O)Nc1ccn2cc(-c3ccccc3)nc2n1. The highest BCUT2D eigenvalue weighted by atomic mass is 16.2. The van der Waals surface area contributed by atoms with Crippen LogP contribution in [0.25, 0.3) is 17.0 Å². The van der Waals surface area contributed by atoms with Crippen LogP contribution < -0.4 is 5.32 Å². The molecule has 30 heavy (non-hydrogen) atoms. The number of amides is 2. The largest absolute Gasteiger partial charge is 0.328 e. The Labute approximate surface area is 170 Å². The highest BCUT2D eigenvalue weighted by Gasteiger charge is 2.22. The quantitative estimate of drug-likeness (QED) is 0.492. The molecule has 1 aromatic carbocycles. The van der Waals surface area contributed by atoms with Crippen molar-refractivity contribution in [3.8, 4) is 17.3 Å². The number of aromatic nitrogens is 5. The van der Waals surface area contributed by atoms with Gasteiger partial charge in [0.1, 0.15) is 18.1 Å². The highest BCUT2D eigenvalue weighted by molar-refractivity contribution is 6.10. The first kappa shape index (κ1) is 18.8. The second-order valence-corrected chi connectivity index (χ2v) is 6.44. The van der Waals surface area contributed by atoms with Crippen molar-refractivity contribution < 1.29 is 9.59 Å². The van der Waals surface area contributed by atoms with Crippen LogP contribution in [0.15, 0.2) is 55.0 Å². The van der Waals surface area contributed by atoms with E-state index in [1.54, 1.807) is 16.7 Å². The number of H-pyrrole nitrogens is 1. The summed E-state index contributed by atoms with van der Waals surface area (Å²) in [4.78, 5) is 35.1. The van der Waals surface area contributed by atoms with E-state index in [1.165, 1.54) is 18.1 Å². The van der Waals surface area contributed by atoms with Crippen molar-refractivity contribution in [2.24, 2.45) is 0 Å². The number of nitrogens with one attached hydrogen (secondary N) is 2. The van der Waals surface area contributed by atoms with Crippen molar-refractivity contribution in [1.82, 2.24) is 29.5 Å². The fourth-order valence-corrected chi connectivity index (χ4v) is 2.87. The Kier molecular flexibility index (Phi) is 4.92. The van der Waals surface area contributed by atoms with Crippen LogP contribution in [0.4, 0.5) is 5.82 Å². The normalized spacial score (nSPS) is 10.5. The molecule has 0 spiro atoms. The summed E-state index contributed by atoms with van der Waals surface area (Å²) in [5.41, 5.74) is 1.77. The Morgan fingerprint density at radius 1 is 1.23 bits per heavy atom. The maximum absolute atomic E-state index is 12.7. The summed E-state index contributed by atoms with van der Waals surface area (Å²) >= 11 is 0. The van der Waals surface area contributed by atoms with E-state index in [4.69, 9.17) is 5.26 Å². The third-order valence-corrected chi connectivity index (χ3v) is 4.39. The van der Waals surface area contributed by atoms with Gasteiger partial charge in [-0.05, 0) is 6.07 Å². The van der Waals surface area contributed by atoms with Gasteiger partial charge >= 0.3 is 0 Å². The molecule has 0 aliphatic heterocycles. The van der Waals surface area contributed by atoms with Gasteiger partial charge in [-0.1, -0.05) is 30.3 Å². The summed E-state index contributed by atoms with van der Waals surface area (Å²) in [6.45, 7) is -0.104. The van der Waals surface area contributed by atoms with Crippen LogP contribution in [0.3, 0.4) is 0 Å². The third-order valence-electron chi connectivity index (χ3n) is 4.39. The van der Waals surface area contributed by atoms with Crippen LogP contribution in [-0.4, -0.2) is 54.9 Å². The Balaban J connectivity index is 1.56. The molecule has 0 fully saturated rings. The summed E-state index contributed by atoms with van der Waals surface area (Å²) in [7, 11) is 1.47. The second kappa shape index (κ2) is 7.84. The molecule has 0 aliphatic carbocycles. The molecule has 3 heterocycles. The van der Waals surface area contributed by atoms with Crippen LogP contribution in [0, 0.1) is 11.3 Å². The molecule has 10 heteroatoms. The maximum atomic E-state index is 12.7. The monoisotopic (exact) mass is 400 g/mol. The van der Waals surface area contributed by atoms with Crippen molar-refractivity contribution in [3.05, 3.63) is 66.2 Å². The molecule has 4 rings (SSSR count). The lowest BCUT2D eigenvalue weighted by Crippen LogP contribution is -2.29. The molecule has 2 N–H and O–H groups in total. The smallest absolute Gasteiger partial charge is 0.275 e. The highest BCUT2D eigenvalue weighted by Crippen LogP contribution is 2.19. The number of aromatic amines is 1. The summed E-state index contributed by atoms with van der Waals surface area (Å²) in [6.07, 6.45) is 4.83. The minimum Gasteiger partial charge on any atom is -0.328 e. The van der Waals surface area contributed by atoms with Gasteiger partial charge in [-0.25, -0.2) is 4.98 Å². The molecule has 0 saturated carbocycles. The lowest BCUT2D eigenvalue weighted by molar-refractivity contribution is 0.0806. The topological polar surface area (TPSA) is 132 Å². The van der Waals surface area contributed by atoms with E-state index >= 15 is 0 Å². The molecular weight excluding hydrogens is 384 g/mol. The fourth-order valence-electron chi connectivity index (χ4n) is 2.87. The molecule has 0 bridgehead atoms. The summed E-state index contributed by atoms with van der Waals surface area (Å²) in [5.74, 6) is -0.370. The number of nitriles is 1. The van der Waals surface area contributed by atoms with Crippen LogP contribution in [-0.2, 0) is 0 Å². The first-order valence-electron chi connectivity index (χ1n) is 8.95. The Hall–Kier alpha value is -4.52. The van der Waals surface area contributed by atoms with Gasteiger partial charge in [0, 0.05) is 25.0 Å². The maximum Gasteiger partial charge on any atom is 0.275 e. The molecular formula is C20H16N8O2. The average molecular weight is 400 g/mol. The van der Waals surface area contributed by atoms with Gasteiger partial charge in [-0.15, -0.1) is 0 Å². The lowest BCUT2D eigenvalue weighted by Gasteiger charge is -2.12. The van der Waals surface area contributed by atoms with E-state index < -0.39 is 11.8 Å². The molecule has 0 saturated heterocycles. The molecule has 4 aromatic rings. The van der Waals surface area contributed by atoms with E-state index in [0.717, 1.165) is 11.3 Å². The number of hydrogen-bond acceptors (Lipinski definition) is 6. The average Bonchev–Trinajstić information content (AvgIpc) is 3.41. The summed E-state index contributed by atoms with van der Waals surface area (Å²) in [5, 5.41) is 17.7. The predicted molar refractivity (Wildman–Crippen MR) is 108 cm³/mol. The van der Waals surface area contributed by atoms with Gasteiger partial charge < -0.3 is 10.2 Å². The van der Waals surface area contributed by atoms with E-state index in [0.29, 0.717) is 5.78 Å². The zero-order chi connectivity index (χ0) is 21.1. The van der Waals surface area contributed by atoms with Gasteiger partial charge in [0.25, 0.3) is 11.8 Å². The molecule has 0 aliphatic rings. The number of nitrogens with zero attached hydrogens (tertiary/aromatic N) is 6. The first-order chi connectivity index (χ1) is 14.6. The van der Waals surface area contributed by atoms with Crippen molar-refractivity contribution in [3.63, 3.8) is 0 Å². The number of carbonyl (C=O) groups is 2. The number of anilines is 1. The first-order valence-corrected chi connectivity index (χ1v) is 8.95. The van der Waals surface area contributed by atoms with Gasteiger partial charge in [-0.3, -0.25) is 19.1 Å². The number of rotatable bonds is 5. The van der Waals surface area contributed by atoms with E-state index in [9.17, 15) is 9.59 Å². The number of fused-ring (bicyclic) bond motifs is 1. The Morgan fingerprint density at radius 3 is 2.80 bits per heavy atom. The van der Waals surface area contributed by atoms with Crippen LogP contribution in [0.1, 0.15) is 20.8 Å². The van der Waals surface area contributed by atoms with Crippen LogP contribution in [0.5, 0.6) is 0 Å². The molecule has 10 nitrogen and oxygen atoms in total. The summed E-state index contributed by atoms with van der Waals surface area (Å²) < 4.78 is 1.75. The molecule has 148 valence electrons. The lowest BCUT2D eigenvalue weighted by atomic mass is 10.2. The van der Waals surface area contributed by atoms with Gasteiger partial charge in [0.05, 0.1) is 23.5 Å². The fraction of sp³-hybridized carbons (Fsp3) is 0.100. The van der Waals surface area contributed by atoms with Gasteiger partial charge in [0.15, 0.2) is 0 Å². The zero-order valence-electron chi connectivity index (χ0n) is 15.9. The Bertz CT molecular complexity index is 1270. The minimum atomic E-state index is -0.576. The third kappa shape index (κ3) is 3.59. The van der Waals surface area contributed by atoms with Crippen molar-refractivity contribution in [2.45, 2.75) is 0 Å². The predicted octanol–water partition coefficient (Wildman–Crippen LogP) is 1.97. The van der Waals surface area contributed by atoms with Gasteiger partial charge in [-0.2, -0.15) is 15.3 Å². The number of imidazole rings is 1. The van der Waals surface area contributed by atoms with Crippen molar-refractivity contribution in [1.29, 1.82) is 5.26 Å². The molecule has 3 aromatic heterocycles. The molecule has 0 atom stereocenters.